The number of benzene rings is 1. The van der Waals surface area contributed by atoms with E-state index in [1.807, 2.05) is 0 Å². The molecule has 0 amide bonds. The second-order valence-electron chi connectivity index (χ2n) is 8.40. The Kier molecular flexibility index (Phi) is 5.79. The first-order valence-electron chi connectivity index (χ1n) is 10.6. The lowest BCUT2D eigenvalue weighted by molar-refractivity contribution is -0.137. The number of hydrogen-bond donors (Lipinski definition) is 1. The normalized spacial score (nSPS) is 30.1. The van der Waals surface area contributed by atoms with Gasteiger partial charge in [-0.25, -0.2) is 9.18 Å². The van der Waals surface area contributed by atoms with Gasteiger partial charge in [-0.05, 0) is 36.8 Å². The molecule has 1 aromatic rings. The smallest absolute Gasteiger partial charge is 0.337 e. The van der Waals surface area contributed by atoms with Crippen molar-refractivity contribution in [3.63, 3.8) is 0 Å². The maximum absolute atomic E-state index is 14.4. The highest BCUT2D eigenvalue weighted by Crippen LogP contribution is 2.52. The molecule has 4 atom stereocenters. The molecule has 3 heterocycles. The van der Waals surface area contributed by atoms with Gasteiger partial charge in [0.05, 0.1) is 56.2 Å². The molecule has 31 heavy (non-hydrogen) atoms. The summed E-state index contributed by atoms with van der Waals surface area (Å²) in [5, 5.41) is 11.7. The van der Waals surface area contributed by atoms with Crippen molar-refractivity contribution in [2.75, 3.05) is 34.4 Å². The molecular formula is C23H29FN2O5. The van der Waals surface area contributed by atoms with Crippen molar-refractivity contribution in [1.82, 2.24) is 4.90 Å². The number of nitrogens with zero attached hydrogens (tertiary/aromatic N) is 2. The summed E-state index contributed by atoms with van der Waals surface area (Å²) >= 11 is 0. The first kappa shape index (κ1) is 21.8. The number of aliphatic imine (C=N–C) groups is 1. The number of rotatable bonds is 5. The Morgan fingerprint density at radius 1 is 1.39 bits per heavy atom. The van der Waals surface area contributed by atoms with Crippen molar-refractivity contribution in [1.29, 1.82) is 0 Å². The third-order valence-electron chi connectivity index (χ3n) is 6.99. The van der Waals surface area contributed by atoms with Crippen molar-refractivity contribution in [3.8, 4) is 5.75 Å². The third kappa shape index (κ3) is 3.32. The Morgan fingerprint density at radius 3 is 2.81 bits per heavy atom. The van der Waals surface area contributed by atoms with Gasteiger partial charge in [0, 0.05) is 13.1 Å². The maximum atomic E-state index is 14.4. The Balaban J connectivity index is 1.74. The van der Waals surface area contributed by atoms with Gasteiger partial charge >= 0.3 is 5.97 Å². The average Bonchev–Trinajstić information content (AvgIpc) is 3.09. The van der Waals surface area contributed by atoms with E-state index in [-0.39, 0.29) is 23.6 Å². The fraction of sp³-hybridized carbons (Fsp3) is 0.565. The van der Waals surface area contributed by atoms with Crippen LogP contribution in [0, 0.1) is 17.7 Å². The van der Waals surface area contributed by atoms with Crippen LogP contribution in [0.25, 0.3) is 0 Å². The molecule has 0 unspecified atom stereocenters. The molecule has 0 radical (unpaired) electrons. The number of aliphatic hydroxyl groups is 1. The van der Waals surface area contributed by atoms with Crippen molar-refractivity contribution in [2.45, 2.75) is 37.8 Å². The quantitative estimate of drug-likeness (QED) is 0.438. The Hall–Kier alpha value is -2.45. The van der Waals surface area contributed by atoms with Gasteiger partial charge in [0.25, 0.3) is 0 Å². The van der Waals surface area contributed by atoms with Crippen molar-refractivity contribution in [2.24, 2.45) is 16.8 Å². The van der Waals surface area contributed by atoms with E-state index in [1.165, 1.54) is 33.7 Å². The van der Waals surface area contributed by atoms with Gasteiger partial charge in [0.2, 0.25) is 0 Å². The first-order valence-corrected chi connectivity index (χ1v) is 10.6. The van der Waals surface area contributed by atoms with Crippen molar-refractivity contribution in [3.05, 3.63) is 35.3 Å². The van der Waals surface area contributed by atoms with Gasteiger partial charge < -0.3 is 19.3 Å². The highest BCUT2D eigenvalue weighted by atomic mass is 19.1. The van der Waals surface area contributed by atoms with Gasteiger partial charge in [-0.2, -0.15) is 0 Å². The molecular weight excluding hydrogens is 403 g/mol. The highest BCUT2D eigenvalue weighted by Gasteiger charge is 2.54. The number of fused-ring (bicyclic) bond motifs is 5. The molecule has 2 saturated heterocycles. The molecule has 1 aromatic carbocycles. The lowest BCUT2D eigenvalue weighted by atomic mass is 9.70. The zero-order valence-electron chi connectivity index (χ0n) is 18.4. The molecule has 3 aliphatic heterocycles. The number of carbonyl (C=O) groups excluding carboxylic acids is 1. The van der Waals surface area contributed by atoms with Crippen LogP contribution in [0.3, 0.4) is 0 Å². The highest BCUT2D eigenvalue weighted by molar-refractivity contribution is 6.05. The van der Waals surface area contributed by atoms with E-state index < -0.39 is 17.4 Å². The van der Waals surface area contributed by atoms with Crippen LogP contribution < -0.4 is 4.74 Å². The van der Waals surface area contributed by atoms with E-state index in [9.17, 15) is 14.3 Å². The maximum Gasteiger partial charge on any atom is 0.337 e. The minimum absolute atomic E-state index is 0.0422. The van der Waals surface area contributed by atoms with E-state index in [0.717, 1.165) is 13.0 Å². The van der Waals surface area contributed by atoms with Gasteiger partial charge in [0.15, 0.2) is 11.6 Å². The number of piperidine rings is 2. The molecule has 7 nitrogen and oxygen atoms in total. The second-order valence-corrected chi connectivity index (χ2v) is 8.40. The van der Waals surface area contributed by atoms with E-state index in [0.29, 0.717) is 41.9 Å². The number of esters is 1. The molecule has 0 aliphatic carbocycles. The largest absolute Gasteiger partial charge is 0.504 e. The predicted octanol–water partition coefficient (Wildman–Crippen LogP) is 2.93. The van der Waals surface area contributed by atoms with Gasteiger partial charge in [-0.15, -0.1) is 0 Å². The summed E-state index contributed by atoms with van der Waals surface area (Å²) < 4.78 is 29.9. The van der Waals surface area contributed by atoms with Crippen LogP contribution in [-0.2, 0) is 19.9 Å². The molecule has 3 aliphatic rings. The number of ether oxygens (including phenoxy) is 3. The minimum atomic E-state index is -1.38. The summed E-state index contributed by atoms with van der Waals surface area (Å²) in [6, 6.07) is 2.71. The Morgan fingerprint density at radius 2 is 2.16 bits per heavy atom. The molecule has 0 saturated carbocycles. The lowest BCUT2D eigenvalue weighted by Crippen LogP contribution is -2.60. The van der Waals surface area contributed by atoms with Crippen molar-refractivity contribution >= 4 is 17.4 Å². The van der Waals surface area contributed by atoms with Crippen LogP contribution in [0.4, 0.5) is 10.1 Å². The monoisotopic (exact) mass is 432 g/mol. The zero-order chi connectivity index (χ0) is 22.3. The fourth-order valence-corrected chi connectivity index (χ4v) is 5.49. The third-order valence-corrected chi connectivity index (χ3v) is 6.99. The Bertz CT molecular complexity index is 946. The van der Waals surface area contributed by atoms with Crippen LogP contribution >= 0.6 is 0 Å². The molecule has 8 heteroatoms. The molecule has 1 N–H and O–H groups in total. The van der Waals surface area contributed by atoms with Crippen molar-refractivity contribution < 1.29 is 28.5 Å². The zero-order valence-corrected chi connectivity index (χ0v) is 18.4. The van der Waals surface area contributed by atoms with E-state index in [1.54, 1.807) is 6.07 Å². The summed E-state index contributed by atoms with van der Waals surface area (Å²) in [5.41, 5.74) is 0.639. The summed E-state index contributed by atoms with van der Waals surface area (Å²) in [5.74, 6) is -0.756. The van der Waals surface area contributed by atoms with E-state index in [2.05, 4.69) is 11.8 Å². The Labute approximate surface area is 181 Å². The standard InChI is InChI=1S/C23H29FN2O5/c1-5-13-11-26-9-8-23(28)19-17(7-6-16(24)20(19)30-3)25-21(23)18(26)10-14(13)15(12-29-2)22(27)31-4/h6-7,12-14,18,28H,5,8-11H2,1-4H3/b15-12-/t13-,14+,18+,23+/m1/s1. The molecule has 4 rings (SSSR count). The molecule has 0 spiro atoms. The lowest BCUT2D eigenvalue weighted by Gasteiger charge is -2.50. The summed E-state index contributed by atoms with van der Waals surface area (Å²) in [6.07, 6.45) is 3.35. The topological polar surface area (TPSA) is 80.6 Å². The van der Waals surface area contributed by atoms with Crippen LogP contribution in [0.1, 0.15) is 31.7 Å². The number of carbonyl (C=O) groups is 1. The minimum Gasteiger partial charge on any atom is -0.504 e. The van der Waals surface area contributed by atoms with Crippen LogP contribution in [0.5, 0.6) is 5.75 Å². The number of halogens is 1. The summed E-state index contributed by atoms with van der Waals surface area (Å²) in [6.45, 7) is 3.52. The van der Waals surface area contributed by atoms with E-state index >= 15 is 0 Å². The molecule has 0 bridgehead atoms. The van der Waals surface area contributed by atoms with Crippen LogP contribution in [0.2, 0.25) is 0 Å². The second kappa shape index (κ2) is 8.24. The molecule has 0 aromatic heterocycles. The predicted molar refractivity (Wildman–Crippen MR) is 113 cm³/mol. The van der Waals surface area contributed by atoms with Crippen LogP contribution in [-0.4, -0.2) is 62.1 Å². The first-order chi connectivity index (χ1) is 14.9. The summed E-state index contributed by atoms with van der Waals surface area (Å²) in [4.78, 5) is 19.6. The van der Waals surface area contributed by atoms with Gasteiger partial charge in [-0.3, -0.25) is 9.89 Å². The average molecular weight is 432 g/mol. The number of hydrogen-bond acceptors (Lipinski definition) is 7. The number of methoxy groups -OCH3 is 3. The van der Waals surface area contributed by atoms with Gasteiger partial charge in [0.1, 0.15) is 5.60 Å². The molecule has 2 fully saturated rings. The summed E-state index contributed by atoms with van der Waals surface area (Å²) in [7, 11) is 4.27. The molecule has 168 valence electrons. The fourth-order valence-electron chi connectivity index (χ4n) is 5.49. The van der Waals surface area contributed by atoms with Crippen LogP contribution in [0.15, 0.2) is 29.0 Å². The van der Waals surface area contributed by atoms with E-state index in [4.69, 9.17) is 19.2 Å². The SMILES string of the molecule is CC[C@@H]1CN2CC[C@@]3(O)C(=Nc4ccc(F)c(OC)c43)[C@@H]2C[C@@H]1/C(=C/OC)C(=O)OC. The van der Waals surface area contributed by atoms with Gasteiger partial charge in [-0.1, -0.05) is 13.3 Å².